The minimum absolute atomic E-state index is 0.221. The summed E-state index contributed by atoms with van der Waals surface area (Å²) in [7, 11) is 4.67. The molecule has 3 aliphatic rings. The molecule has 0 saturated carbocycles. The van der Waals surface area contributed by atoms with Crippen molar-refractivity contribution in [3.63, 3.8) is 0 Å². The van der Waals surface area contributed by atoms with Gasteiger partial charge in [0.05, 0.1) is 27.4 Å². The third-order valence-electron chi connectivity index (χ3n) is 9.13. The standard InChI is InChI=1S/C36H29NO6/c1-41-23-15-12-22(13-16-23)33(38)32-31(27-20-24(42-2)17-18-29(27)43-3)36(34(39)25-9-5-6-10-26(25)35(36)40)30-19-14-21-8-4-7-11-28(21)37(30)32/h4-20,30-32H,1-3H3. The molecule has 7 heteroatoms. The van der Waals surface area contributed by atoms with Crippen LogP contribution >= 0.6 is 0 Å². The van der Waals surface area contributed by atoms with Crippen molar-refractivity contribution in [3.05, 3.63) is 125 Å². The second-order valence-electron chi connectivity index (χ2n) is 11.0. The van der Waals surface area contributed by atoms with Gasteiger partial charge in [-0.1, -0.05) is 54.6 Å². The lowest BCUT2D eigenvalue weighted by Crippen LogP contribution is -2.48. The first-order chi connectivity index (χ1) is 20.9. The first-order valence-corrected chi connectivity index (χ1v) is 14.1. The minimum Gasteiger partial charge on any atom is -0.497 e. The Balaban J connectivity index is 1.56. The van der Waals surface area contributed by atoms with Crippen molar-refractivity contribution in [2.24, 2.45) is 5.41 Å². The highest BCUT2D eigenvalue weighted by Gasteiger charge is 2.72. The maximum atomic E-state index is 14.9. The average Bonchev–Trinajstić information content (AvgIpc) is 3.50. The van der Waals surface area contributed by atoms with Crippen molar-refractivity contribution >= 4 is 29.1 Å². The Hall–Kier alpha value is -5.17. The summed E-state index contributed by atoms with van der Waals surface area (Å²) >= 11 is 0. The maximum Gasteiger partial charge on any atom is 0.185 e. The van der Waals surface area contributed by atoms with Crippen molar-refractivity contribution in [1.82, 2.24) is 0 Å². The molecule has 2 heterocycles. The molecular formula is C36H29NO6. The summed E-state index contributed by atoms with van der Waals surface area (Å²) in [5.41, 5.74) is 1.77. The van der Waals surface area contributed by atoms with Crippen molar-refractivity contribution < 1.29 is 28.6 Å². The Morgan fingerprint density at radius 3 is 2.02 bits per heavy atom. The van der Waals surface area contributed by atoms with Crippen LogP contribution in [-0.2, 0) is 0 Å². The monoisotopic (exact) mass is 571 g/mol. The molecule has 0 bridgehead atoms. The number of hydrogen-bond acceptors (Lipinski definition) is 7. The molecule has 0 N–H and O–H groups in total. The molecule has 0 aromatic heterocycles. The third-order valence-corrected chi connectivity index (χ3v) is 9.13. The van der Waals surface area contributed by atoms with E-state index in [1.807, 2.05) is 41.3 Å². The first-order valence-electron chi connectivity index (χ1n) is 14.1. The van der Waals surface area contributed by atoms with E-state index in [0.29, 0.717) is 39.5 Å². The molecule has 1 spiro atoms. The van der Waals surface area contributed by atoms with E-state index in [0.717, 1.165) is 11.3 Å². The number of carbonyl (C=O) groups excluding carboxylic acids is 3. The van der Waals surface area contributed by atoms with E-state index in [9.17, 15) is 14.4 Å². The molecule has 43 heavy (non-hydrogen) atoms. The summed E-state index contributed by atoms with van der Waals surface area (Å²) in [4.78, 5) is 46.5. The van der Waals surface area contributed by atoms with Gasteiger partial charge in [0.1, 0.15) is 28.7 Å². The van der Waals surface area contributed by atoms with Crippen LogP contribution < -0.4 is 19.1 Å². The van der Waals surface area contributed by atoms with Crippen LogP contribution in [0.1, 0.15) is 48.1 Å². The Kier molecular flexibility index (Phi) is 6.20. The van der Waals surface area contributed by atoms with Crippen LogP contribution in [0.2, 0.25) is 0 Å². The summed E-state index contributed by atoms with van der Waals surface area (Å²) in [6, 6.07) is 25.2. The van der Waals surface area contributed by atoms with Crippen LogP contribution in [0, 0.1) is 5.41 Å². The molecule has 1 aliphatic carbocycles. The topological polar surface area (TPSA) is 82.1 Å². The number of rotatable bonds is 6. The number of ether oxygens (including phenoxy) is 3. The Labute approximate surface area is 249 Å². The van der Waals surface area contributed by atoms with E-state index in [4.69, 9.17) is 14.2 Å². The number of benzene rings is 4. The van der Waals surface area contributed by atoms with E-state index >= 15 is 0 Å². The summed E-state index contributed by atoms with van der Waals surface area (Å²) < 4.78 is 16.8. The van der Waals surface area contributed by atoms with Crippen molar-refractivity contribution in [2.45, 2.75) is 18.0 Å². The molecule has 4 aromatic rings. The molecule has 7 nitrogen and oxygen atoms in total. The first kappa shape index (κ1) is 26.7. The van der Waals surface area contributed by atoms with Crippen LogP contribution in [0.15, 0.2) is 97.1 Å². The quantitative estimate of drug-likeness (QED) is 0.207. The Morgan fingerprint density at radius 1 is 0.744 bits per heavy atom. The number of carbonyl (C=O) groups is 3. The number of hydrogen-bond donors (Lipinski definition) is 0. The van der Waals surface area contributed by atoms with Crippen molar-refractivity contribution in [1.29, 1.82) is 0 Å². The highest BCUT2D eigenvalue weighted by atomic mass is 16.5. The van der Waals surface area contributed by atoms with Gasteiger partial charge >= 0.3 is 0 Å². The maximum absolute atomic E-state index is 14.9. The number of ketones is 3. The number of fused-ring (bicyclic) bond motifs is 5. The Morgan fingerprint density at radius 2 is 1.37 bits per heavy atom. The number of anilines is 1. The third kappa shape index (κ3) is 3.64. The molecule has 2 aliphatic heterocycles. The number of Topliss-reactive ketones (excluding diaryl/α,β-unsaturated/α-hetero) is 3. The predicted molar refractivity (Wildman–Crippen MR) is 163 cm³/mol. The van der Waals surface area contributed by atoms with Crippen LogP contribution in [0.5, 0.6) is 17.2 Å². The zero-order valence-corrected chi connectivity index (χ0v) is 23.9. The van der Waals surface area contributed by atoms with Crippen LogP contribution in [0.3, 0.4) is 0 Å². The van der Waals surface area contributed by atoms with Gasteiger partial charge in [-0.2, -0.15) is 0 Å². The lowest BCUT2D eigenvalue weighted by molar-refractivity contribution is 0.0664. The average molecular weight is 572 g/mol. The fourth-order valence-electron chi connectivity index (χ4n) is 7.27. The molecule has 0 radical (unpaired) electrons. The zero-order valence-electron chi connectivity index (χ0n) is 23.9. The fourth-order valence-corrected chi connectivity index (χ4v) is 7.27. The van der Waals surface area contributed by atoms with Gasteiger partial charge in [-0.3, -0.25) is 14.4 Å². The summed E-state index contributed by atoms with van der Waals surface area (Å²) in [5, 5.41) is 0. The highest BCUT2D eigenvalue weighted by molar-refractivity contribution is 6.32. The molecule has 214 valence electrons. The smallest absolute Gasteiger partial charge is 0.185 e. The summed E-state index contributed by atoms with van der Waals surface area (Å²) in [6.07, 6.45) is 3.85. The molecule has 4 aromatic carbocycles. The number of nitrogens with zero attached hydrogens (tertiary/aromatic N) is 1. The van der Waals surface area contributed by atoms with E-state index in [1.165, 1.54) is 0 Å². The molecule has 1 saturated heterocycles. The highest BCUT2D eigenvalue weighted by Crippen LogP contribution is 2.62. The van der Waals surface area contributed by atoms with Crippen LogP contribution in [0.4, 0.5) is 5.69 Å². The van der Waals surface area contributed by atoms with Gasteiger partial charge in [0.25, 0.3) is 0 Å². The van der Waals surface area contributed by atoms with Gasteiger partial charge in [-0.15, -0.1) is 0 Å². The van der Waals surface area contributed by atoms with Gasteiger partial charge in [-0.25, -0.2) is 0 Å². The van der Waals surface area contributed by atoms with Gasteiger partial charge in [0.2, 0.25) is 0 Å². The molecule has 3 atom stereocenters. The van der Waals surface area contributed by atoms with E-state index < -0.39 is 23.4 Å². The molecule has 3 unspecified atom stereocenters. The van der Waals surface area contributed by atoms with Crippen molar-refractivity contribution in [3.8, 4) is 17.2 Å². The van der Waals surface area contributed by atoms with Gasteiger partial charge < -0.3 is 19.1 Å². The second kappa shape index (κ2) is 9.98. The molecular weight excluding hydrogens is 542 g/mol. The fraction of sp³-hybridized carbons (Fsp3) is 0.194. The number of methoxy groups -OCH3 is 3. The van der Waals surface area contributed by atoms with Gasteiger partial charge in [-0.05, 0) is 54.1 Å². The molecule has 0 amide bonds. The van der Waals surface area contributed by atoms with Crippen molar-refractivity contribution in [2.75, 3.05) is 26.2 Å². The minimum atomic E-state index is -1.64. The van der Waals surface area contributed by atoms with E-state index in [-0.39, 0.29) is 17.3 Å². The predicted octanol–water partition coefficient (Wildman–Crippen LogP) is 6.03. The van der Waals surface area contributed by atoms with E-state index in [1.54, 1.807) is 88.1 Å². The lowest BCUT2D eigenvalue weighted by Gasteiger charge is -2.37. The van der Waals surface area contributed by atoms with Crippen LogP contribution in [-0.4, -0.2) is 50.8 Å². The molecule has 1 fully saturated rings. The number of para-hydroxylation sites is 1. The van der Waals surface area contributed by atoms with Gasteiger partial charge in [0.15, 0.2) is 17.3 Å². The SMILES string of the molecule is COc1ccc(C(=O)C2C(c3cc(OC)ccc3OC)C3(C(=O)c4ccccc4C3=O)C3C=Cc4ccccc4N23)cc1. The van der Waals surface area contributed by atoms with Gasteiger partial charge in [0, 0.05) is 33.9 Å². The summed E-state index contributed by atoms with van der Waals surface area (Å²) in [6.45, 7) is 0. The normalized spacial score (nSPS) is 20.9. The summed E-state index contributed by atoms with van der Waals surface area (Å²) in [5.74, 6) is -0.129. The van der Waals surface area contributed by atoms with E-state index in [2.05, 4.69) is 0 Å². The lowest BCUT2D eigenvalue weighted by atomic mass is 9.64. The second-order valence-corrected chi connectivity index (χ2v) is 11.0. The zero-order chi connectivity index (χ0) is 29.9. The Bertz CT molecular complexity index is 1790. The molecule has 7 rings (SSSR count). The van der Waals surface area contributed by atoms with Crippen LogP contribution in [0.25, 0.3) is 6.08 Å². The largest absolute Gasteiger partial charge is 0.497 e.